The molecule has 11 aromatic rings. The molecule has 4 heteroatoms. The highest BCUT2D eigenvalue weighted by atomic mass is 15.2. The van der Waals surface area contributed by atoms with Crippen molar-refractivity contribution in [2.45, 2.75) is 0 Å². The molecule has 0 aliphatic rings. The van der Waals surface area contributed by atoms with Gasteiger partial charge in [-0.05, 0) is 51.4 Å². The number of hydrogen-bond donors (Lipinski definition) is 0. The Hall–Kier alpha value is -8.21. The molecule has 0 fully saturated rings. The van der Waals surface area contributed by atoms with Gasteiger partial charge in [0.15, 0.2) is 5.82 Å². The smallest absolute Gasteiger partial charge is 0.160 e. The van der Waals surface area contributed by atoms with E-state index in [1.165, 1.54) is 5.56 Å². The van der Waals surface area contributed by atoms with E-state index in [-0.39, 0.29) is 0 Å². The van der Waals surface area contributed by atoms with Crippen molar-refractivity contribution in [3.63, 3.8) is 0 Å². The summed E-state index contributed by atoms with van der Waals surface area (Å²) in [5.74, 6) is 0.680. The molecule has 8 aromatic carbocycles. The third-order valence-electron chi connectivity index (χ3n) is 11.5. The number of rotatable bonds is 8. The van der Waals surface area contributed by atoms with Crippen molar-refractivity contribution in [2.24, 2.45) is 0 Å². The number of nitrogens with zero attached hydrogens (tertiary/aromatic N) is 4. The van der Waals surface area contributed by atoms with Crippen molar-refractivity contribution in [1.82, 2.24) is 19.6 Å². The molecular formula is C57H38N4. The number of aromatic nitrogens is 4. The molecule has 0 bridgehead atoms. The predicted octanol–water partition coefficient (Wildman–Crippen LogP) is 14.6. The maximum Gasteiger partial charge on any atom is 0.160 e. The molecular weight excluding hydrogens is 741 g/mol. The summed E-state index contributed by atoms with van der Waals surface area (Å²) >= 11 is 0. The molecule has 0 saturated heterocycles. The van der Waals surface area contributed by atoms with Gasteiger partial charge in [-0.25, -0.2) is 14.5 Å². The summed E-state index contributed by atoms with van der Waals surface area (Å²) in [4.78, 5) is 10.4. The predicted molar refractivity (Wildman–Crippen MR) is 252 cm³/mol. The first-order valence-corrected chi connectivity index (χ1v) is 20.6. The third kappa shape index (κ3) is 6.76. The van der Waals surface area contributed by atoms with E-state index in [4.69, 9.17) is 15.1 Å². The molecule has 0 N–H and O–H groups in total. The minimum absolute atomic E-state index is 0.680. The highest BCUT2D eigenvalue weighted by molar-refractivity contribution is 6.12. The zero-order chi connectivity index (χ0) is 40.5. The lowest BCUT2D eigenvalue weighted by Crippen LogP contribution is -1.97. The van der Waals surface area contributed by atoms with Crippen molar-refractivity contribution in [3.8, 4) is 89.8 Å². The quantitative estimate of drug-likeness (QED) is 0.154. The minimum Gasteiger partial charge on any atom is -0.231 e. The molecule has 0 aliphatic carbocycles. The number of fused-ring (bicyclic) bond motifs is 3. The maximum atomic E-state index is 5.41. The van der Waals surface area contributed by atoms with E-state index in [0.717, 1.165) is 94.7 Å². The summed E-state index contributed by atoms with van der Waals surface area (Å²) < 4.78 is 2.15. The van der Waals surface area contributed by atoms with E-state index in [1.54, 1.807) is 0 Å². The molecule has 61 heavy (non-hydrogen) atoms. The van der Waals surface area contributed by atoms with Crippen LogP contribution in [0.1, 0.15) is 0 Å². The molecule has 0 amide bonds. The molecule has 286 valence electrons. The second kappa shape index (κ2) is 15.5. The van der Waals surface area contributed by atoms with Crippen molar-refractivity contribution < 1.29 is 0 Å². The van der Waals surface area contributed by atoms with E-state index >= 15 is 0 Å². The van der Waals surface area contributed by atoms with Gasteiger partial charge in [-0.2, -0.15) is 5.10 Å². The molecule has 0 atom stereocenters. The van der Waals surface area contributed by atoms with Crippen LogP contribution in [0.5, 0.6) is 0 Å². The Morgan fingerprint density at radius 1 is 0.311 bits per heavy atom. The summed E-state index contributed by atoms with van der Waals surface area (Å²) in [6.45, 7) is 0. The second-order valence-electron chi connectivity index (χ2n) is 15.2. The first-order chi connectivity index (χ1) is 30.2. The molecule has 0 radical (unpaired) electrons. The van der Waals surface area contributed by atoms with E-state index in [2.05, 4.69) is 223 Å². The highest BCUT2D eigenvalue weighted by Gasteiger charge is 2.23. The monoisotopic (exact) mass is 778 g/mol. The Morgan fingerprint density at radius 2 is 0.820 bits per heavy atom. The van der Waals surface area contributed by atoms with Crippen LogP contribution in [-0.2, 0) is 0 Å². The minimum atomic E-state index is 0.680. The molecule has 3 aromatic heterocycles. The summed E-state index contributed by atoms with van der Waals surface area (Å²) in [5.41, 5.74) is 16.8. The van der Waals surface area contributed by atoms with Gasteiger partial charge in [0.2, 0.25) is 0 Å². The van der Waals surface area contributed by atoms with Crippen LogP contribution in [0, 0.1) is 0 Å². The van der Waals surface area contributed by atoms with Crippen LogP contribution in [0.2, 0.25) is 0 Å². The molecule has 0 spiro atoms. The van der Waals surface area contributed by atoms with Gasteiger partial charge in [0.05, 0.1) is 22.6 Å². The normalized spacial score (nSPS) is 11.3. The fourth-order valence-electron chi connectivity index (χ4n) is 8.48. The van der Waals surface area contributed by atoms with E-state index < -0.39 is 0 Å². The van der Waals surface area contributed by atoms with Crippen LogP contribution in [0.25, 0.3) is 106 Å². The first-order valence-electron chi connectivity index (χ1n) is 20.6. The van der Waals surface area contributed by atoms with Crippen molar-refractivity contribution in [2.75, 3.05) is 0 Å². The Bertz CT molecular complexity index is 3310. The Balaban J connectivity index is 1.08. The molecule has 0 aliphatic heterocycles. The highest BCUT2D eigenvalue weighted by Crippen LogP contribution is 2.43. The summed E-state index contributed by atoms with van der Waals surface area (Å²) in [6, 6.07) is 80.9. The standard InChI is InChI=1S/C57H38N4/c1-6-18-39(19-7-1)46-28-16-29-47(36-46)52-38-51(41-20-8-2-9-21-41)58-57(59-52)45-34-32-40(33-35-45)48-30-17-31-49-50(48)37-53(42-22-10-3-11-23-42)61-56(49)54(43-24-12-4-13-25-43)55(60-61)44-26-14-5-15-27-44/h1-38H. The van der Waals surface area contributed by atoms with E-state index in [0.29, 0.717) is 5.82 Å². The first kappa shape index (κ1) is 35.9. The van der Waals surface area contributed by atoms with Crippen LogP contribution < -0.4 is 0 Å². The van der Waals surface area contributed by atoms with Crippen LogP contribution >= 0.6 is 0 Å². The van der Waals surface area contributed by atoms with Gasteiger partial charge in [-0.1, -0.05) is 212 Å². The van der Waals surface area contributed by atoms with Gasteiger partial charge in [0.25, 0.3) is 0 Å². The molecule has 11 rings (SSSR count). The fourth-order valence-corrected chi connectivity index (χ4v) is 8.48. The van der Waals surface area contributed by atoms with Crippen molar-refractivity contribution in [1.29, 1.82) is 0 Å². The maximum absolute atomic E-state index is 5.41. The SMILES string of the molecule is c1ccc(-c2cccc(-c3cc(-c4ccccc4)nc(-c4ccc(-c5cccc6c5cc(-c5ccccc5)n5nc(-c7ccccc7)c(-c7ccccc7)c65)cc4)n3)c2)cc1. The molecule has 0 saturated carbocycles. The summed E-state index contributed by atoms with van der Waals surface area (Å²) in [6.07, 6.45) is 0. The van der Waals surface area contributed by atoms with Gasteiger partial charge in [-0.15, -0.1) is 0 Å². The Labute approximate surface area is 354 Å². The van der Waals surface area contributed by atoms with Crippen molar-refractivity contribution >= 4 is 16.3 Å². The van der Waals surface area contributed by atoms with Crippen molar-refractivity contribution in [3.05, 3.63) is 231 Å². The average molecular weight is 779 g/mol. The number of hydrogen-bond acceptors (Lipinski definition) is 3. The van der Waals surface area contributed by atoms with Crippen LogP contribution in [-0.4, -0.2) is 19.6 Å². The largest absolute Gasteiger partial charge is 0.231 e. The molecule has 4 nitrogen and oxygen atoms in total. The van der Waals surface area contributed by atoms with Crippen LogP contribution in [0.4, 0.5) is 0 Å². The average Bonchev–Trinajstić information content (AvgIpc) is 3.76. The van der Waals surface area contributed by atoms with Gasteiger partial charge in [0, 0.05) is 38.8 Å². The summed E-state index contributed by atoms with van der Waals surface area (Å²) in [5, 5.41) is 7.70. The number of pyridine rings is 1. The lowest BCUT2D eigenvalue weighted by atomic mass is 9.93. The Morgan fingerprint density at radius 3 is 1.48 bits per heavy atom. The molecule has 3 heterocycles. The van der Waals surface area contributed by atoms with E-state index in [1.807, 2.05) is 12.1 Å². The van der Waals surface area contributed by atoms with Gasteiger partial charge < -0.3 is 0 Å². The Kier molecular flexibility index (Phi) is 9.14. The second-order valence-corrected chi connectivity index (χ2v) is 15.2. The zero-order valence-corrected chi connectivity index (χ0v) is 33.2. The summed E-state index contributed by atoms with van der Waals surface area (Å²) in [7, 11) is 0. The molecule has 0 unspecified atom stereocenters. The van der Waals surface area contributed by atoms with Gasteiger partial charge in [-0.3, -0.25) is 0 Å². The lowest BCUT2D eigenvalue weighted by molar-refractivity contribution is 0.979. The fraction of sp³-hybridized carbons (Fsp3) is 0. The topological polar surface area (TPSA) is 43.1 Å². The van der Waals surface area contributed by atoms with Crippen LogP contribution in [0.3, 0.4) is 0 Å². The van der Waals surface area contributed by atoms with Gasteiger partial charge >= 0.3 is 0 Å². The lowest BCUT2D eigenvalue weighted by Gasteiger charge is -2.14. The zero-order valence-electron chi connectivity index (χ0n) is 33.2. The van der Waals surface area contributed by atoms with Crippen LogP contribution in [0.15, 0.2) is 231 Å². The number of benzene rings is 8. The van der Waals surface area contributed by atoms with E-state index in [9.17, 15) is 0 Å². The third-order valence-corrected chi connectivity index (χ3v) is 11.5. The van der Waals surface area contributed by atoms with Gasteiger partial charge in [0.1, 0.15) is 5.69 Å².